The Morgan fingerprint density at radius 1 is 0.933 bits per heavy atom. The maximum absolute atomic E-state index is 12.2. The Bertz CT molecular complexity index is 821. The van der Waals surface area contributed by atoms with Gasteiger partial charge in [0.1, 0.15) is 30.5 Å². The zero-order chi connectivity index (χ0) is 21.1. The number of benzene rings is 1. The van der Waals surface area contributed by atoms with Crippen molar-refractivity contribution in [2.75, 3.05) is 13.2 Å². The minimum atomic E-state index is -0.755. The summed E-state index contributed by atoms with van der Waals surface area (Å²) in [7, 11) is 0. The highest BCUT2D eigenvalue weighted by atomic mass is 16.9. The lowest BCUT2D eigenvalue weighted by atomic mass is 9.98. The van der Waals surface area contributed by atoms with Crippen LogP contribution >= 0.6 is 0 Å². The summed E-state index contributed by atoms with van der Waals surface area (Å²) >= 11 is 0. The zero-order valence-electron chi connectivity index (χ0n) is 17.7. The van der Waals surface area contributed by atoms with Gasteiger partial charge in [0, 0.05) is 6.42 Å². The van der Waals surface area contributed by atoms with Gasteiger partial charge in [0.05, 0.1) is 18.8 Å². The Morgan fingerprint density at radius 2 is 1.63 bits per heavy atom. The molecule has 0 unspecified atom stereocenters. The summed E-state index contributed by atoms with van der Waals surface area (Å²) in [5.41, 5.74) is 1.60. The maximum atomic E-state index is 12.2. The summed E-state index contributed by atoms with van der Waals surface area (Å²) in [5.74, 6) is -1.81. The van der Waals surface area contributed by atoms with Crippen molar-refractivity contribution in [2.24, 2.45) is 0 Å². The summed E-state index contributed by atoms with van der Waals surface area (Å²) in [6.45, 7) is 7.99. The molecule has 164 valence electrons. The van der Waals surface area contributed by atoms with E-state index in [-0.39, 0.29) is 49.7 Å². The Balaban J connectivity index is 1.22. The Kier molecular flexibility index (Phi) is 4.92. The summed E-state index contributed by atoms with van der Waals surface area (Å²) in [4.78, 5) is 12.2. The monoisotopic (exact) mass is 420 g/mol. The molecule has 3 saturated heterocycles. The second kappa shape index (κ2) is 7.25. The van der Waals surface area contributed by atoms with E-state index in [9.17, 15) is 4.79 Å². The van der Waals surface area contributed by atoms with Crippen LogP contribution in [0.5, 0.6) is 0 Å². The molecule has 0 N–H and O–H groups in total. The zero-order valence-corrected chi connectivity index (χ0v) is 17.7. The van der Waals surface area contributed by atoms with Crippen LogP contribution in [0.1, 0.15) is 43.6 Å². The van der Waals surface area contributed by atoms with Crippen molar-refractivity contribution in [1.82, 2.24) is 0 Å². The van der Waals surface area contributed by atoms with E-state index in [1.165, 1.54) is 0 Å². The molecule has 0 aliphatic carbocycles. The number of rotatable bonds is 4. The number of hydrogen-bond donors (Lipinski definition) is 0. The van der Waals surface area contributed by atoms with Gasteiger partial charge in [0.25, 0.3) is 0 Å². The molecule has 0 spiro atoms. The molecule has 0 aromatic heterocycles. The molecule has 0 amide bonds. The Hall–Kier alpha value is -1.55. The first kappa shape index (κ1) is 20.4. The average molecular weight is 420 g/mol. The van der Waals surface area contributed by atoms with Crippen molar-refractivity contribution < 1.29 is 38.0 Å². The molecule has 0 bridgehead atoms. The third kappa shape index (κ3) is 3.77. The number of cyclic esters (lactones) is 1. The van der Waals surface area contributed by atoms with E-state index >= 15 is 0 Å². The van der Waals surface area contributed by atoms with Gasteiger partial charge < -0.3 is 33.2 Å². The van der Waals surface area contributed by atoms with Crippen molar-refractivity contribution in [3.8, 4) is 0 Å². The van der Waals surface area contributed by atoms with Gasteiger partial charge in [-0.05, 0) is 39.3 Å². The smallest absolute Gasteiger partial charge is 0.338 e. The van der Waals surface area contributed by atoms with Crippen LogP contribution in [0.4, 0.5) is 0 Å². The van der Waals surface area contributed by atoms with Crippen LogP contribution in [0.15, 0.2) is 24.3 Å². The first-order valence-electron chi connectivity index (χ1n) is 10.4. The van der Waals surface area contributed by atoms with Crippen molar-refractivity contribution in [3.63, 3.8) is 0 Å². The molecule has 30 heavy (non-hydrogen) atoms. The molecule has 1 aromatic rings. The van der Waals surface area contributed by atoms with Crippen LogP contribution in [0.2, 0.25) is 0 Å². The number of ether oxygens (including phenoxy) is 7. The highest BCUT2D eigenvalue weighted by Crippen LogP contribution is 2.44. The average Bonchev–Trinajstić information content (AvgIpc) is 3.16. The highest BCUT2D eigenvalue weighted by molar-refractivity contribution is 5.92. The summed E-state index contributed by atoms with van der Waals surface area (Å²) < 4.78 is 41.7. The lowest BCUT2D eigenvalue weighted by Gasteiger charge is -2.37. The molecular formula is C22H28O8. The molecule has 5 rings (SSSR count). The fraction of sp³-hybridized carbons (Fsp3) is 0.682. The molecule has 0 saturated carbocycles. The third-order valence-corrected chi connectivity index (χ3v) is 5.80. The third-order valence-electron chi connectivity index (χ3n) is 5.80. The molecule has 6 atom stereocenters. The molecule has 0 radical (unpaired) electrons. The number of carbonyl (C=O) groups is 1. The van der Waals surface area contributed by atoms with Crippen LogP contribution in [-0.2, 0) is 39.6 Å². The van der Waals surface area contributed by atoms with Crippen molar-refractivity contribution >= 4 is 5.97 Å². The summed E-state index contributed by atoms with van der Waals surface area (Å²) in [5, 5.41) is 0. The van der Waals surface area contributed by atoms with Gasteiger partial charge >= 0.3 is 5.97 Å². The normalized spacial score (nSPS) is 38.5. The largest absolute Gasteiger partial charge is 0.456 e. The molecule has 8 nitrogen and oxygen atoms in total. The minimum absolute atomic E-state index is 0.267. The van der Waals surface area contributed by atoms with E-state index in [0.717, 1.165) is 5.56 Å². The van der Waals surface area contributed by atoms with Gasteiger partial charge in [0.2, 0.25) is 0 Å². The van der Waals surface area contributed by atoms with Crippen molar-refractivity contribution in [1.29, 1.82) is 0 Å². The Morgan fingerprint density at radius 3 is 2.47 bits per heavy atom. The molecule has 1 aromatic carbocycles. The summed E-state index contributed by atoms with van der Waals surface area (Å²) in [6.07, 6.45) is -1.65. The highest BCUT2D eigenvalue weighted by Gasteiger charge is 2.60. The Labute approximate surface area is 175 Å². The van der Waals surface area contributed by atoms with E-state index in [0.29, 0.717) is 12.0 Å². The number of carbonyl (C=O) groups excluding carboxylic acids is 1. The fourth-order valence-corrected chi connectivity index (χ4v) is 4.64. The molecule has 4 heterocycles. The SMILES string of the molecule is CC1(C)O[C@H]2[C@@H](O1)[C@@H](COC[C@@H]1Cc3ccccc3C(=O)O1)O[C@@H]1OC(C)(C)O[C@@H]12. The number of hydrogen-bond acceptors (Lipinski definition) is 8. The predicted octanol–water partition coefficient (Wildman–Crippen LogP) is 2.18. The quantitative estimate of drug-likeness (QED) is 0.686. The number of fused-ring (bicyclic) bond motifs is 4. The second-order valence-electron chi connectivity index (χ2n) is 9.13. The lowest BCUT2D eigenvalue weighted by molar-refractivity contribution is -0.243. The standard InChI is InChI=1S/C22H28O8/c1-21(2)27-16-15(26-20-18(17(16)28-21)29-22(3,4)30-20)11-24-10-13-9-12-7-5-6-8-14(12)19(23)25-13/h5-8,13,15-18,20H,9-11H2,1-4H3/t13-,15+,16-,17-,18+,20+/m0/s1. The topological polar surface area (TPSA) is 81.7 Å². The molecule has 4 aliphatic heterocycles. The van der Waals surface area contributed by atoms with E-state index < -0.39 is 17.9 Å². The molecule has 8 heteroatoms. The van der Waals surface area contributed by atoms with Gasteiger partial charge in [0.15, 0.2) is 17.9 Å². The first-order valence-corrected chi connectivity index (χ1v) is 10.4. The van der Waals surface area contributed by atoms with Crippen LogP contribution in [0.25, 0.3) is 0 Å². The van der Waals surface area contributed by atoms with Gasteiger partial charge in [-0.3, -0.25) is 0 Å². The van der Waals surface area contributed by atoms with E-state index in [4.69, 9.17) is 33.2 Å². The molecular weight excluding hydrogens is 392 g/mol. The van der Waals surface area contributed by atoms with Crippen LogP contribution < -0.4 is 0 Å². The van der Waals surface area contributed by atoms with Gasteiger partial charge in [-0.25, -0.2) is 4.79 Å². The van der Waals surface area contributed by atoms with E-state index in [1.54, 1.807) is 6.07 Å². The molecule has 3 fully saturated rings. The van der Waals surface area contributed by atoms with Crippen LogP contribution in [-0.4, -0.2) is 67.6 Å². The minimum Gasteiger partial charge on any atom is -0.456 e. The summed E-state index contributed by atoms with van der Waals surface area (Å²) in [6, 6.07) is 7.49. The lowest BCUT2D eigenvalue weighted by Crippen LogP contribution is -2.56. The fourth-order valence-electron chi connectivity index (χ4n) is 4.64. The van der Waals surface area contributed by atoms with Gasteiger partial charge in [-0.15, -0.1) is 0 Å². The second-order valence-corrected chi connectivity index (χ2v) is 9.13. The van der Waals surface area contributed by atoms with Crippen molar-refractivity contribution in [3.05, 3.63) is 35.4 Å². The van der Waals surface area contributed by atoms with Crippen molar-refractivity contribution in [2.45, 2.75) is 82.5 Å². The maximum Gasteiger partial charge on any atom is 0.338 e. The van der Waals surface area contributed by atoms with Crippen LogP contribution in [0, 0.1) is 0 Å². The molecule has 4 aliphatic rings. The van der Waals surface area contributed by atoms with E-state index in [2.05, 4.69) is 0 Å². The van der Waals surface area contributed by atoms with E-state index in [1.807, 2.05) is 45.9 Å². The number of esters is 1. The van der Waals surface area contributed by atoms with Gasteiger partial charge in [-0.1, -0.05) is 18.2 Å². The predicted molar refractivity (Wildman–Crippen MR) is 103 cm³/mol. The van der Waals surface area contributed by atoms with Crippen LogP contribution in [0.3, 0.4) is 0 Å². The van der Waals surface area contributed by atoms with Gasteiger partial charge in [-0.2, -0.15) is 0 Å². The first-order chi connectivity index (χ1) is 14.2.